The van der Waals surface area contributed by atoms with Crippen molar-refractivity contribution in [3.63, 3.8) is 0 Å². The molecule has 0 unspecified atom stereocenters. The van der Waals surface area contributed by atoms with Crippen molar-refractivity contribution in [3.05, 3.63) is 0 Å². The molecule has 17 heavy (non-hydrogen) atoms. The fourth-order valence-corrected chi connectivity index (χ4v) is 2.74. The summed E-state index contributed by atoms with van der Waals surface area (Å²) in [5.74, 6) is 0. The zero-order valence-corrected chi connectivity index (χ0v) is 12.3. The van der Waals surface area contributed by atoms with E-state index in [0.29, 0.717) is 0 Å². The van der Waals surface area contributed by atoms with Gasteiger partial charge in [0.05, 0.1) is 0 Å². The third kappa shape index (κ3) is 7.05. The Morgan fingerprint density at radius 1 is 0.941 bits per heavy atom. The van der Waals surface area contributed by atoms with Crippen molar-refractivity contribution < 1.29 is 0 Å². The Kier molecular flexibility index (Phi) is 6.50. The van der Waals surface area contributed by atoms with Crippen LogP contribution in [0.5, 0.6) is 0 Å². The van der Waals surface area contributed by atoms with Crippen molar-refractivity contribution in [2.24, 2.45) is 0 Å². The average Bonchev–Trinajstić information content (AvgIpc) is 2.25. The molecular weight excluding hydrogens is 208 g/mol. The van der Waals surface area contributed by atoms with E-state index in [2.05, 4.69) is 38.3 Å². The number of hydrogen-bond donors (Lipinski definition) is 2. The van der Waals surface area contributed by atoms with Gasteiger partial charge in [0.25, 0.3) is 0 Å². The van der Waals surface area contributed by atoms with E-state index in [1.165, 1.54) is 51.5 Å². The first-order valence-corrected chi connectivity index (χ1v) is 7.52. The smallest absolute Gasteiger partial charge is 0.00990 e. The molecule has 1 aliphatic carbocycles. The van der Waals surface area contributed by atoms with Gasteiger partial charge in [-0.05, 0) is 59.4 Å². The van der Waals surface area contributed by atoms with Gasteiger partial charge in [0.1, 0.15) is 0 Å². The van der Waals surface area contributed by atoms with Gasteiger partial charge in [-0.1, -0.05) is 19.8 Å². The molecule has 102 valence electrons. The molecule has 0 radical (unpaired) electrons. The summed E-state index contributed by atoms with van der Waals surface area (Å²) in [4.78, 5) is 0. The topological polar surface area (TPSA) is 24.1 Å². The molecule has 0 spiro atoms. The highest BCUT2D eigenvalue weighted by Crippen LogP contribution is 2.20. The summed E-state index contributed by atoms with van der Waals surface area (Å²) in [6.07, 6.45) is 9.40. The summed E-state index contributed by atoms with van der Waals surface area (Å²) < 4.78 is 0. The van der Waals surface area contributed by atoms with Gasteiger partial charge in [-0.25, -0.2) is 0 Å². The standard InChI is InChI=1S/C15H32N2/c1-5-6-7-12-16-13-8-10-14(11-9-13)17-15(2,3)4/h13-14,16-17H,5-12H2,1-4H3. The average molecular weight is 240 g/mol. The predicted molar refractivity (Wildman–Crippen MR) is 76.5 cm³/mol. The van der Waals surface area contributed by atoms with Gasteiger partial charge in [0.15, 0.2) is 0 Å². The van der Waals surface area contributed by atoms with Crippen LogP contribution in [0.15, 0.2) is 0 Å². The fourth-order valence-electron chi connectivity index (χ4n) is 2.74. The number of unbranched alkanes of at least 4 members (excludes halogenated alkanes) is 2. The van der Waals surface area contributed by atoms with E-state index in [9.17, 15) is 0 Å². The lowest BCUT2D eigenvalue weighted by Crippen LogP contribution is -2.47. The van der Waals surface area contributed by atoms with Gasteiger partial charge >= 0.3 is 0 Å². The molecule has 0 aliphatic heterocycles. The molecule has 2 heteroatoms. The summed E-state index contributed by atoms with van der Waals surface area (Å²) in [6.45, 7) is 10.3. The Morgan fingerprint density at radius 2 is 1.53 bits per heavy atom. The van der Waals surface area contributed by atoms with E-state index in [4.69, 9.17) is 0 Å². The molecule has 0 amide bonds. The van der Waals surface area contributed by atoms with E-state index in [1.807, 2.05) is 0 Å². The van der Waals surface area contributed by atoms with Crippen LogP contribution < -0.4 is 10.6 Å². The van der Waals surface area contributed by atoms with E-state index >= 15 is 0 Å². The molecule has 1 rings (SSSR count). The summed E-state index contributed by atoms with van der Waals surface area (Å²) in [5.41, 5.74) is 0.270. The Morgan fingerprint density at radius 3 is 2.06 bits per heavy atom. The summed E-state index contributed by atoms with van der Waals surface area (Å²) in [7, 11) is 0. The van der Waals surface area contributed by atoms with Crippen LogP contribution in [0.4, 0.5) is 0 Å². The minimum absolute atomic E-state index is 0.270. The molecule has 0 aromatic rings. The van der Waals surface area contributed by atoms with Crippen molar-refractivity contribution >= 4 is 0 Å². The van der Waals surface area contributed by atoms with E-state index in [1.54, 1.807) is 0 Å². The zero-order chi connectivity index (χ0) is 12.7. The molecule has 0 saturated heterocycles. The fraction of sp³-hybridized carbons (Fsp3) is 1.00. The molecule has 0 heterocycles. The minimum atomic E-state index is 0.270. The normalized spacial score (nSPS) is 26.1. The van der Waals surface area contributed by atoms with Crippen molar-refractivity contribution in [2.45, 2.75) is 90.3 Å². The van der Waals surface area contributed by atoms with Gasteiger partial charge in [-0.2, -0.15) is 0 Å². The lowest BCUT2D eigenvalue weighted by atomic mass is 9.89. The minimum Gasteiger partial charge on any atom is -0.314 e. The molecule has 0 aromatic carbocycles. The highest BCUT2D eigenvalue weighted by Gasteiger charge is 2.23. The maximum absolute atomic E-state index is 3.73. The molecule has 2 nitrogen and oxygen atoms in total. The molecule has 0 bridgehead atoms. The van der Waals surface area contributed by atoms with Crippen LogP contribution >= 0.6 is 0 Å². The zero-order valence-electron chi connectivity index (χ0n) is 12.3. The SMILES string of the molecule is CCCCCNC1CCC(NC(C)(C)C)CC1. The van der Waals surface area contributed by atoms with Gasteiger partial charge in [0, 0.05) is 17.6 Å². The molecule has 1 aliphatic rings. The van der Waals surface area contributed by atoms with Crippen molar-refractivity contribution in [1.82, 2.24) is 10.6 Å². The molecule has 1 fully saturated rings. The highest BCUT2D eigenvalue weighted by molar-refractivity contribution is 4.85. The maximum Gasteiger partial charge on any atom is 0.00990 e. The highest BCUT2D eigenvalue weighted by atomic mass is 15.0. The Balaban J connectivity index is 2.09. The van der Waals surface area contributed by atoms with Crippen molar-refractivity contribution in [2.75, 3.05) is 6.54 Å². The number of rotatable bonds is 6. The third-order valence-electron chi connectivity index (χ3n) is 3.58. The Bertz CT molecular complexity index is 188. The Labute approximate surface area is 108 Å². The first-order chi connectivity index (χ1) is 8.01. The summed E-state index contributed by atoms with van der Waals surface area (Å²) >= 11 is 0. The largest absolute Gasteiger partial charge is 0.314 e. The van der Waals surface area contributed by atoms with E-state index < -0.39 is 0 Å². The first-order valence-electron chi connectivity index (χ1n) is 7.52. The van der Waals surface area contributed by atoms with E-state index in [-0.39, 0.29) is 5.54 Å². The molecule has 1 saturated carbocycles. The monoisotopic (exact) mass is 240 g/mol. The second kappa shape index (κ2) is 7.38. The number of nitrogens with one attached hydrogen (secondary N) is 2. The van der Waals surface area contributed by atoms with Crippen LogP contribution in [0.25, 0.3) is 0 Å². The lowest BCUT2D eigenvalue weighted by Gasteiger charge is -2.34. The van der Waals surface area contributed by atoms with Crippen LogP contribution in [-0.2, 0) is 0 Å². The van der Waals surface area contributed by atoms with Crippen molar-refractivity contribution in [3.8, 4) is 0 Å². The van der Waals surface area contributed by atoms with Crippen LogP contribution in [0, 0.1) is 0 Å². The summed E-state index contributed by atoms with van der Waals surface area (Å²) in [6, 6.07) is 1.52. The quantitative estimate of drug-likeness (QED) is 0.695. The molecular formula is C15H32N2. The number of hydrogen-bond acceptors (Lipinski definition) is 2. The van der Waals surface area contributed by atoms with Gasteiger partial charge < -0.3 is 10.6 Å². The van der Waals surface area contributed by atoms with Crippen LogP contribution in [0.1, 0.15) is 72.6 Å². The first kappa shape index (κ1) is 15.0. The molecule has 0 atom stereocenters. The second-order valence-electron chi connectivity index (χ2n) is 6.60. The maximum atomic E-state index is 3.73. The van der Waals surface area contributed by atoms with Crippen LogP contribution in [0.3, 0.4) is 0 Å². The lowest BCUT2D eigenvalue weighted by molar-refractivity contribution is 0.261. The van der Waals surface area contributed by atoms with Crippen LogP contribution in [-0.4, -0.2) is 24.2 Å². The van der Waals surface area contributed by atoms with Crippen LogP contribution in [0.2, 0.25) is 0 Å². The Hall–Kier alpha value is -0.0800. The van der Waals surface area contributed by atoms with Gasteiger partial charge in [0.2, 0.25) is 0 Å². The third-order valence-corrected chi connectivity index (χ3v) is 3.58. The van der Waals surface area contributed by atoms with Crippen molar-refractivity contribution in [1.29, 1.82) is 0 Å². The predicted octanol–water partition coefficient (Wildman–Crippen LogP) is 3.47. The second-order valence-corrected chi connectivity index (χ2v) is 6.60. The van der Waals surface area contributed by atoms with Gasteiger partial charge in [-0.15, -0.1) is 0 Å². The van der Waals surface area contributed by atoms with E-state index in [0.717, 1.165) is 12.1 Å². The summed E-state index contributed by atoms with van der Waals surface area (Å²) in [5, 5.41) is 7.44. The molecule has 0 aromatic heterocycles. The molecule has 2 N–H and O–H groups in total. The van der Waals surface area contributed by atoms with Gasteiger partial charge in [-0.3, -0.25) is 0 Å².